The van der Waals surface area contributed by atoms with Crippen LogP contribution in [0.1, 0.15) is 20.3 Å². The monoisotopic (exact) mass is 131 g/mol. The summed E-state index contributed by atoms with van der Waals surface area (Å²) in [6.07, 6.45) is 0.776. The molecule has 0 saturated carbocycles. The number of hydrogen-bond donors (Lipinski definition) is 0. The molecular formula is C6H10ClN. The van der Waals surface area contributed by atoms with Crippen molar-refractivity contribution in [1.82, 2.24) is 0 Å². The normalized spacial score (nSPS) is 10.8. The summed E-state index contributed by atoms with van der Waals surface area (Å²) in [5, 5.41) is 0. The van der Waals surface area contributed by atoms with Gasteiger partial charge in [0.05, 0.1) is 0 Å². The Labute approximate surface area is 55.5 Å². The highest BCUT2D eigenvalue weighted by Crippen LogP contribution is 2.13. The Hall–Kier alpha value is -0.220. The van der Waals surface area contributed by atoms with Crippen molar-refractivity contribution in [3.8, 4) is 0 Å². The molecule has 0 spiro atoms. The van der Waals surface area contributed by atoms with Crippen LogP contribution in [-0.2, 0) is 0 Å². The van der Waals surface area contributed by atoms with Crippen LogP contribution in [-0.4, -0.2) is 11.4 Å². The SMILES string of the molecule is [C-]#[N+]C(C)(C)CCCl. The zero-order chi connectivity index (χ0) is 6.62. The summed E-state index contributed by atoms with van der Waals surface area (Å²) in [5.41, 5.74) is -0.248. The molecule has 0 fully saturated rings. The molecule has 1 nitrogen and oxygen atoms in total. The Morgan fingerprint density at radius 2 is 2.12 bits per heavy atom. The van der Waals surface area contributed by atoms with E-state index < -0.39 is 0 Å². The Bertz CT molecular complexity index is 102. The van der Waals surface area contributed by atoms with E-state index in [0.29, 0.717) is 5.88 Å². The summed E-state index contributed by atoms with van der Waals surface area (Å²) in [5.74, 6) is 0.579. The topological polar surface area (TPSA) is 4.36 Å². The molecule has 0 saturated heterocycles. The van der Waals surface area contributed by atoms with Crippen molar-refractivity contribution in [3.05, 3.63) is 11.4 Å². The fraction of sp³-hybridized carbons (Fsp3) is 0.833. The standard InChI is InChI=1S/C6H10ClN/c1-6(2,8-3)4-5-7/h4-5H2,1-2H3. The van der Waals surface area contributed by atoms with E-state index in [4.69, 9.17) is 18.2 Å². The molecule has 0 bridgehead atoms. The summed E-state index contributed by atoms with van der Waals surface area (Å²) in [6, 6.07) is 0. The van der Waals surface area contributed by atoms with Crippen LogP contribution >= 0.6 is 11.6 Å². The molecule has 0 unspecified atom stereocenters. The second-order valence-corrected chi connectivity index (χ2v) is 2.74. The summed E-state index contributed by atoms with van der Waals surface area (Å²) >= 11 is 5.42. The van der Waals surface area contributed by atoms with Gasteiger partial charge in [0.25, 0.3) is 0 Å². The highest BCUT2D eigenvalue weighted by molar-refractivity contribution is 6.17. The first-order valence-electron chi connectivity index (χ1n) is 2.57. The van der Waals surface area contributed by atoms with Crippen LogP contribution in [0.2, 0.25) is 0 Å². The number of hydrogen-bond acceptors (Lipinski definition) is 0. The predicted molar refractivity (Wildman–Crippen MR) is 36.0 cm³/mol. The van der Waals surface area contributed by atoms with E-state index in [2.05, 4.69) is 4.85 Å². The first-order valence-corrected chi connectivity index (χ1v) is 3.10. The molecule has 0 aromatic rings. The van der Waals surface area contributed by atoms with Crippen molar-refractivity contribution in [2.45, 2.75) is 25.8 Å². The van der Waals surface area contributed by atoms with Crippen molar-refractivity contribution in [2.75, 3.05) is 5.88 Å². The average Bonchev–Trinajstić information content (AvgIpc) is 1.67. The summed E-state index contributed by atoms with van der Waals surface area (Å²) in [7, 11) is 0. The van der Waals surface area contributed by atoms with Crippen LogP contribution < -0.4 is 0 Å². The number of alkyl halides is 1. The van der Waals surface area contributed by atoms with Gasteiger partial charge in [0.1, 0.15) is 0 Å². The second kappa shape index (κ2) is 2.94. The van der Waals surface area contributed by atoms with Gasteiger partial charge < -0.3 is 4.85 Å². The van der Waals surface area contributed by atoms with E-state index in [1.54, 1.807) is 0 Å². The molecule has 8 heavy (non-hydrogen) atoms. The van der Waals surface area contributed by atoms with Gasteiger partial charge in [-0.2, -0.15) is 0 Å². The third-order valence-electron chi connectivity index (χ3n) is 1.01. The minimum atomic E-state index is -0.248. The van der Waals surface area contributed by atoms with Gasteiger partial charge in [-0.25, -0.2) is 6.57 Å². The van der Waals surface area contributed by atoms with Crippen LogP contribution in [0.4, 0.5) is 0 Å². The Kier molecular flexibility index (Phi) is 2.86. The van der Waals surface area contributed by atoms with Crippen LogP contribution in [0.25, 0.3) is 4.85 Å². The molecule has 0 heterocycles. The fourth-order valence-corrected chi connectivity index (χ4v) is 0.750. The van der Waals surface area contributed by atoms with Gasteiger partial charge in [-0.3, -0.25) is 0 Å². The van der Waals surface area contributed by atoms with Crippen molar-refractivity contribution in [3.63, 3.8) is 0 Å². The van der Waals surface area contributed by atoms with Crippen molar-refractivity contribution < 1.29 is 0 Å². The lowest BCUT2D eigenvalue weighted by Crippen LogP contribution is -2.13. The molecule has 0 N–H and O–H groups in total. The lowest BCUT2D eigenvalue weighted by molar-refractivity contribution is 0.594. The van der Waals surface area contributed by atoms with Crippen LogP contribution in [0.5, 0.6) is 0 Å². The first-order chi connectivity index (χ1) is 3.62. The maximum Gasteiger partial charge on any atom is 0.228 e. The highest BCUT2D eigenvalue weighted by atomic mass is 35.5. The van der Waals surface area contributed by atoms with E-state index in [9.17, 15) is 0 Å². The van der Waals surface area contributed by atoms with Gasteiger partial charge in [0, 0.05) is 26.1 Å². The van der Waals surface area contributed by atoms with Crippen molar-refractivity contribution in [1.29, 1.82) is 0 Å². The zero-order valence-corrected chi connectivity index (χ0v) is 6.00. The van der Waals surface area contributed by atoms with E-state index in [-0.39, 0.29) is 5.54 Å². The number of nitrogens with zero attached hydrogens (tertiary/aromatic N) is 1. The third kappa shape index (κ3) is 2.87. The Morgan fingerprint density at radius 1 is 1.62 bits per heavy atom. The van der Waals surface area contributed by atoms with Gasteiger partial charge >= 0.3 is 0 Å². The smallest absolute Gasteiger partial charge is 0.228 e. The van der Waals surface area contributed by atoms with Gasteiger partial charge in [-0.05, 0) is 0 Å². The molecule has 0 rings (SSSR count). The van der Waals surface area contributed by atoms with Gasteiger partial charge in [-0.15, -0.1) is 11.6 Å². The number of rotatable bonds is 2. The molecule has 46 valence electrons. The molecule has 0 aliphatic heterocycles. The summed E-state index contributed by atoms with van der Waals surface area (Å²) in [6.45, 7) is 10.5. The summed E-state index contributed by atoms with van der Waals surface area (Å²) < 4.78 is 0. The highest BCUT2D eigenvalue weighted by Gasteiger charge is 2.20. The van der Waals surface area contributed by atoms with Crippen molar-refractivity contribution >= 4 is 11.6 Å². The first kappa shape index (κ1) is 7.78. The predicted octanol–water partition coefficient (Wildman–Crippen LogP) is 2.31. The van der Waals surface area contributed by atoms with E-state index in [0.717, 1.165) is 6.42 Å². The Morgan fingerprint density at radius 3 is 2.25 bits per heavy atom. The lowest BCUT2D eigenvalue weighted by Gasteiger charge is -2.06. The fourth-order valence-electron chi connectivity index (χ4n) is 0.287. The molecule has 2 heteroatoms. The molecule has 0 amide bonds. The molecule has 0 aliphatic carbocycles. The summed E-state index contributed by atoms with van der Waals surface area (Å²) in [4.78, 5) is 3.38. The quantitative estimate of drug-likeness (QED) is 0.400. The van der Waals surface area contributed by atoms with Gasteiger partial charge in [-0.1, -0.05) is 0 Å². The third-order valence-corrected chi connectivity index (χ3v) is 1.20. The minimum Gasteiger partial charge on any atom is -0.311 e. The molecule has 0 aliphatic rings. The average molecular weight is 132 g/mol. The van der Waals surface area contributed by atoms with Crippen LogP contribution in [0.15, 0.2) is 0 Å². The van der Waals surface area contributed by atoms with Gasteiger partial charge in [0.2, 0.25) is 5.54 Å². The van der Waals surface area contributed by atoms with Crippen molar-refractivity contribution in [2.24, 2.45) is 0 Å². The van der Waals surface area contributed by atoms with E-state index in [1.165, 1.54) is 0 Å². The maximum absolute atomic E-state index is 6.68. The molecule has 0 aromatic carbocycles. The lowest BCUT2D eigenvalue weighted by atomic mass is 10.0. The van der Waals surface area contributed by atoms with Crippen LogP contribution in [0.3, 0.4) is 0 Å². The minimum absolute atomic E-state index is 0.248. The maximum atomic E-state index is 6.68. The second-order valence-electron chi connectivity index (χ2n) is 2.36. The number of halogens is 1. The van der Waals surface area contributed by atoms with E-state index in [1.807, 2.05) is 13.8 Å². The Balaban J connectivity index is 3.59. The molecular weight excluding hydrogens is 122 g/mol. The van der Waals surface area contributed by atoms with Gasteiger partial charge in [0.15, 0.2) is 0 Å². The molecule has 0 aromatic heterocycles. The molecule has 0 atom stereocenters. The largest absolute Gasteiger partial charge is 0.311 e. The molecule has 0 radical (unpaired) electrons. The zero-order valence-electron chi connectivity index (χ0n) is 5.24. The van der Waals surface area contributed by atoms with Crippen LogP contribution in [0, 0.1) is 6.57 Å². The van der Waals surface area contributed by atoms with E-state index >= 15 is 0 Å².